The van der Waals surface area contributed by atoms with Gasteiger partial charge in [-0.05, 0) is 30.9 Å². The Morgan fingerprint density at radius 3 is 2.73 bits per heavy atom. The van der Waals surface area contributed by atoms with E-state index >= 15 is 0 Å². The third-order valence-corrected chi connectivity index (χ3v) is 5.56. The summed E-state index contributed by atoms with van der Waals surface area (Å²) in [6, 6.07) is 7.31. The van der Waals surface area contributed by atoms with Crippen molar-refractivity contribution in [3.63, 3.8) is 0 Å². The van der Waals surface area contributed by atoms with Crippen LogP contribution in [0, 0.1) is 5.92 Å². The number of nitrogen functional groups attached to an aromatic ring is 2. The van der Waals surface area contributed by atoms with Crippen molar-refractivity contribution in [1.82, 2.24) is 15.0 Å². The van der Waals surface area contributed by atoms with E-state index in [1.165, 1.54) is 32.1 Å². The average molecular weight is 370 g/mol. The van der Waals surface area contributed by atoms with Crippen LogP contribution in [0.5, 0.6) is 11.6 Å². The molecule has 1 saturated carbocycles. The van der Waals surface area contributed by atoms with Crippen LogP contribution in [-0.2, 0) is 0 Å². The van der Waals surface area contributed by atoms with Gasteiger partial charge in [-0.25, -0.2) is 4.98 Å². The molecule has 0 amide bonds. The van der Waals surface area contributed by atoms with Gasteiger partial charge in [0.05, 0.1) is 10.2 Å². The fourth-order valence-corrected chi connectivity index (χ4v) is 4.20. The lowest BCUT2D eigenvalue weighted by molar-refractivity contribution is 0.373. The molecule has 1 aliphatic rings. The maximum Gasteiger partial charge on any atom is 0.226 e. The van der Waals surface area contributed by atoms with E-state index in [1.807, 2.05) is 18.2 Å². The average Bonchev–Trinajstić information content (AvgIpc) is 3.02. The lowest BCUT2D eigenvalue weighted by Gasteiger charge is -2.21. The molecule has 1 aromatic carbocycles. The van der Waals surface area contributed by atoms with E-state index < -0.39 is 0 Å². The minimum atomic E-state index is 0.0908. The molecule has 0 bridgehead atoms. The molecule has 26 heavy (non-hydrogen) atoms. The van der Waals surface area contributed by atoms with Gasteiger partial charge in [0.1, 0.15) is 11.6 Å². The zero-order valence-electron chi connectivity index (χ0n) is 14.4. The number of hydrogen-bond donors (Lipinski definition) is 3. The molecule has 136 valence electrons. The van der Waals surface area contributed by atoms with Gasteiger partial charge >= 0.3 is 0 Å². The van der Waals surface area contributed by atoms with Crippen LogP contribution in [0.3, 0.4) is 0 Å². The third kappa shape index (κ3) is 3.96. The maximum absolute atomic E-state index is 5.76. The summed E-state index contributed by atoms with van der Waals surface area (Å²) in [5, 5.41) is 4.46. The molecule has 1 aliphatic carbocycles. The lowest BCUT2D eigenvalue weighted by Crippen LogP contribution is -2.16. The fraction of sp³-hybridized carbons (Fsp3) is 0.389. The predicted molar refractivity (Wildman–Crippen MR) is 106 cm³/mol. The minimum Gasteiger partial charge on any atom is -0.439 e. The Labute approximate surface area is 155 Å². The number of nitrogens with zero attached hydrogens (tertiary/aromatic N) is 3. The Kier molecular flexibility index (Phi) is 4.75. The molecule has 0 atom stereocenters. The highest BCUT2D eigenvalue weighted by Crippen LogP contribution is 2.32. The van der Waals surface area contributed by atoms with E-state index in [-0.39, 0.29) is 11.8 Å². The van der Waals surface area contributed by atoms with Gasteiger partial charge in [0, 0.05) is 18.7 Å². The van der Waals surface area contributed by atoms with E-state index in [2.05, 4.69) is 20.3 Å². The van der Waals surface area contributed by atoms with Crippen LogP contribution in [0.25, 0.3) is 10.2 Å². The molecule has 2 aromatic heterocycles. The van der Waals surface area contributed by atoms with Crippen molar-refractivity contribution in [1.29, 1.82) is 0 Å². The van der Waals surface area contributed by atoms with Crippen LogP contribution in [-0.4, -0.2) is 21.5 Å². The number of thiazole rings is 1. The van der Waals surface area contributed by atoms with Crippen molar-refractivity contribution in [2.75, 3.05) is 23.3 Å². The Balaban J connectivity index is 1.46. The van der Waals surface area contributed by atoms with E-state index in [9.17, 15) is 0 Å². The lowest BCUT2D eigenvalue weighted by atomic mass is 9.89. The van der Waals surface area contributed by atoms with Crippen LogP contribution >= 0.6 is 11.3 Å². The van der Waals surface area contributed by atoms with E-state index in [1.54, 1.807) is 17.4 Å². The predicted octanol–water partition coefficient (Wildman–Crippen LogP) is 4.04. The van der Waals surface area contributed by atoms with E-state index in [0.717, 1.165) is 27.8 Å². The number of benzene rings is 1. The van der Waals surface area contributed by atoms with Crippen molar-refractivity contribution in [3.8, 4) is 11.6 Å². The smallest absolute Gasteiger partial charge is 0.226 e. The molecule has 4 rings (SSSR count). The summed E-state index contributed by atoms with van der Waals surface area (Å²) in [6.45, 7) is 1.00. The molecule has 0 aliphatic heterocycles. The van der Waals surface area contributed by atoms with Gasteiger partial charge in [0.25, 0.3) is 0 Å². The zero-order valence-corrected chi connectivity index (χ0v) is 15.3. The minimum absolute atomic E-state index is 0.0908. The topological polar surface area (TPSA) is 112 Å². The van der Waals surface area contributed by atoms with Crippen molar-refractivity contribution >= 4 is 38.5 Å². The molecular formula is C18H22N6OS. The Bertz CT molecular complexity index is 886. The van der Waals surface area contributed by atoms with E-state index in [4.69, 9.17) is 16.2 Å². The molecule has 0 unspecified atom stereocenters. The van der Waals surface area contributed by atoms with Gasteiger partial charge in [-0.2, -0.15) is 9.97 Å². The number of rotatable bonds is 5. The zero-order chi connectivity index (χ0) is 17.9. The summed E-state index contributed by atoms with van der Waals surface area (Å²) in [6.07, 6.45) is 6.72. The third-order valence-electron chi connectivity index (χ3n) is 4.59. The van der Waals surface area contributed by atoms with Crippen LogP contribution in [0.4, 0.5) is 16.9 Å². The molecular weight excluding hydrogens is 348 g/mol. The first-order chi connectivity index (χ1) is 12.7. The quantitative estimate of drug-likeness (QED) is 0.621. The molecule has 1 fully saturated rings. The number of aromatic nitrogens is 3. The molecule has 2 heterocycles. The second-order valence-corrected chi connectivity index (χ2v) is 7.66. The van der Waals surface area contributed by atoms with Crippen molar-refractivity contribution < 1.29 is 4.74 Å². The highest BCUT2D eigenvalue weighted by molar-refractivity contribution is 7.22. The normalized spacial score (nSPS) is 15.2. The molecule has 0 spiro atoms. The first-order valence-electron chi connectivity index (χ1n) is 8.88. The summed E-state index contributed by atoms with van der Waals surface area (Å²) in [4.78, 5) is 12.5. The number of ether oxygens (including phenoxy) is 1. The summed E-state index contributed by atoms with van der Waals surface area (Å²) in [7, 11) is 0. The first kappa shape index (κ1) is 16.8. The van der Waals surface area contributed by atoms with Crippen molar-refractivity contribution in [2.24, 2.45) is 5.92 Å². The second-order valence-electron chi connectivity index (χ2n) is 6.62. The Morgan fingerprint density at radius 1 is 1.08 bits per heavy atom. The monoisotopic (exact) mass is 370 g/mol. The van der Waals surface area contributed by atoms with Gasteiger partial charge in [0.15, 0.2) is 5.13 Å². The maximum atomic E-state index is 5.76. The van der Waals surface area contributed by atoms with Crippen LogP contribution in [0.15, 0.2) is 24.3 Å². The summed E-state index contributed by atoms with van der Waals surface area (Å²) >= 11 is 1.63. The number of hydrogen-bond acceptors (Lipinski definition) is 8. The Hall–Kier alpha value is -2.61. The summed E-state index contributed by atoms with van der Waals surface area (Å²) in [5.41, 5.74) is 12.2. The number of nitrogens with two attached hydrogens (primary N) is 2. The van der Waals surface area contributed by atoms with E-state index in [0.29, 0.717) is 11.6 Å². The Morgan fingerprint density at radius 2 is 1.92 bits per heavy atom. The number of fused-ring (bicyclic) bond motifs is 1. The van der Waals surface area contributed by atoms with Gasteiger partial charge in [-0.3, -0.25) is 0 Å². The molecule has 3 aromatic rings. The number of anilines is 3. The van der Waals surface area contributed by atoms with Gasteiger partial charge in [0.2, 0.25) is 11.8 Å². The van der Waals surface area contributed by atoms with Crippen molar-refractivity contribution in [2.45, 2.75) is 32.1 Å². The van der Waals surface area contributed by atoms with Gasteiger partial charge < -0.3 is 21.5 Å². The van der Waals surface area contributed by atoms with Crippen LogP contribution in [0.2, 0.25) is 0 Å². The highest BCUT2D eigenvalue weighted by Gasteiger charge is 2.14. The fourth-order valence-electron chi connectivity index (χ4n) is 3.30. The van der Waals surface area contributed by atoms with Gasteiger partial charge in [-0.15, -0.1) is 0 Å². The SMILES string of the molecule is Nc1cc(Oc2ccc3nc(NCC4CCCCC4)sc3c2)nc(N)n1. The largest absolute Gasteiger partial charge is 0.439 e. The van der Waals surface area contributed by atoms with Crippen molar-refractivity contribution in [3.05, 3.63) is 24.3 Å². The van der Waals surface area contributed by atoms with Crippen LogP contribution < -0.4 is 21.5 Å². The number of nitrogens with one attached hydrogen (secondary N) is 1. The standard InChI is InChI=1S/C18H22N6OS/c19-15-9-16(24-17(20)23-15)25-12-6-7-13-14(8-12)26-18(22-13)21-10-11-4-2-1-3-5-11/h6-9,11H,1-5,10H2,(H,21,22)(H4,19,20,23,24). The molecule has 0 radical (unpaired) electrons. The molecule has 5 N–H and O–H groups in total. The molecule has 0 saturated heterocycles. The van der Waals surface area contributed by atoms with Crippen LogP contribution in [0.1, 0.15) is 32.1 Å². The molecule has 7 nitrogen and oxygen atoms in total. The summed E-state index contributed by atoms with van der Waals surface area (Å²) in [5.74, 6) is 2.13. The second kappa shape index (κ2) is 7.33. The summed E-state index contributed by atoms with van der Waals surface area (Å²) < 4.78 is 6.82. The highest BCUT2D eigenvalue weighted by atomic mass is 32.1. The first-order valence-corrected chi connectivity index (χ1v) is 9.70. The van der Waals surface area contributed by atoms with Gasteiger partial charge in [-0.1, -0.05) is 30.6 Å². The molecule has 8 heteroatoms.